The van der Waals surface area contributed by atoms with E-state index in [4.69, 9.17) is 5.11 Å². The summed E-state index contributed by atoms with van der Waals surface area (Å²) in [4.78, 5) is 22.5. The van der Waals surface area contributed by atoms with Crippen LogP contribution in [0.3, 0.4) is 0 Å². The summed E-state index contributed by atoms with van der Waals surface area (Å²) in [6.07, 6.45) is -0.0966. The van der Waals surface area contributed by atoms with E-state index in [1.165, 1.54) is 0 Å². The summed E-state index contributed by atoms with van der Waals surface area (Å²) in [7, 11) is 0. The van der Waals surface area contributed by atoms with Crippen LogP contribution in [0, 0.1) is 5.41 Å². The van der Waals surface area contributed by atoms with Gasteiger partial charge in [0.15, 0.2) is 0 Å². The van der Waals surface area contributed by atoms with E-state index in [1.807, 2.05) is 20.8 Å². The van der Waals surface area contributed by atoms with E-state index in [2.05, 4.69) is 5.32 Å². The van der Waals surface area contributed by atoms with Crippen LogP contribution in [-0.2, 0) is 16.0 Å². The number of carboxylic acids is 1. The van der Waals surface area contributed by atoms with Crippen molar-refractivity contribution >= 4 is 17.6 Å². The number of amides is 1. The molecule has 0 aliphatic carbocycles. The third kappa shape index (κ3) is 3.90. The minimum Gasteiger partial charge on any atom is -0.481 e. The first-order valence-corrected chi connectivity index (χ1v) is 5.42. The molecular weight excluding hydrogens is 218 g/mol. The summed E-state index contributed by atoms with van der Waals surface area (Å²) >= 11 is 0. The van der Waals surface area contributed by atoms with Gasteiger partial charge < -0.3 is 10.4 Å². The maximum atomic E-state index is 11.8. The number of carboxylic acid groups (broad SMARTS) is 1. The summed E-state index contributed by atoms with van der Waals surface area (Å²) < 4.78 is 0. The Labute approximate surface area is 101 Å². The Morgan fingerprint density at radius 3 is 2.35 bits per heavy atom. The highest BCUT2D eigenvalue weighted by Crippen LogP contribution is 2.20. The third-order valence-electron chi connectivity index (χ3n) is 2.29. The van der Waals surface area contributed by atoms with Gasteiger partial charge in [-0.05, 0) is 11.6 Å². The molecule has 0 unspecified atom stereocenters. The smallest absolute Gasteiger partial charge is 0.307 e. The lowest BCUT2D eigenvalue weighted by Gasteiger charge is -2.19. The molecule has 0 aromatic heterocycles. The normalized spacial score (nSPS) is 11.0. The number of aliphatic carboxylic acids is 1. The van der Waals surface area contributed by atoms with Crippen LogP contribution < -0.4 is 5.32 Å². The average molecular weight is 235 g/mol. The van der Waals surface area contributed by atoms with Crippen molar-refractivity contribution in [3.05, 3.63) is 29.8 Å². The lowest BCUT2D eigenvalue weighted by atomic mass is 9.95. The highest BCUT2D eigenvalue weighted by atomic mass is 16.4. The first-order valence-electron chi connectivity index (χ1n) is 5.42. The van der Waals surface area contributed by atoms with Crippen LogP contribution in [0.5, 0.6) is 0 Å². The largest absolute Gasteiger partial charge is 0.481 e. The molecule has 0 aliphatic rings. The van der Waals surface area contributed by atoms with Gasteiger partial charge in [-0.25, -0.2) is 0 Å². The van der Waals surface area contributed by atoms with Gasteiger partial charge in [-0.1, -0.05) is 39.0 Å². The molecule has 1 amide bonds. The van der Waals surface area contributed by atoms with Crippen molar-refractivity contribution in [2.75, 3.05) is 5.32 Å². The molecule has 4 nitrogen and oxygen atoms in total. The molecule has 0 heterocycles. The predicted octanol–water partition coefficient (Wildman–Crippen LogP) is 2.30. The Kier molecular flexibility index (Phi) is 3.89. The quantitative estimate of drug-likeness (QED) is 0.844. The monoisotopic (exact) mass is 235 g/mol. The molecule has 0 bridgehead atoms. The van der Waals surface area contributed by atoms with Crippen molar-refractivity contribution in [3.8, 4) is 0 Å². The van der Waals surface area contributed by atoms with Gasteiger partial charge in [0.25, 0.3) is 0 Å². The topological polar surface area (TPSA) is 66.4 Å². The van der Waals surface area contributed by atoms with Crippen LogP contribution in [0.15, 0.2) is 24.3 Å². The zero-order valence-corrected chi connectivity index (χ0v) is 10.3. The molecule has 0 spiro atoms. The Morgan fingerprint density at radius 1 is 1.24 bits per heavy atom. The van der Waals surface area contributed by atoms with Crippen molar-refractivity contribution < 1.29 is 14.7 Å². The zero-order valence-electron chi connectivity index (χ0n) is 10.3. The number of benzene rings is 1. The summed E-state index contributed by atoms with van der Waals surface area (Å²) in [5, 5.41) is 11.5. The number of carbonyl (C=O) groups excluding carboxylic acids is 1. The van der Waals surface area contributed by atoms with Crippen molar-refractivity contribution in [2.24, 2.45) is 5.41 Å². The van der Waals surface area contributed by atoms with E-state index in [9.17, 15) is 9.59 Å². The molecule has 92 valence electrons. The van der Waals surface area contributed by atoms with Crippen molar-refractivity contribution in [3.63, 3.8) is 0 Å². The second kappa shape index (κ2) is 4.99. The van der Waals surface area contributed by atoms with E-state index in [1.54, 1.807) is 24.3 Å². The standard InChI is InChI=1S/C13H17NO3/c1-13(2,3)12(17)14-10-7-5-4-6-9(10)8-11(15)16/h4-7H,8H2,1-3H3,(H,14,17)(H,15,16). The minimum atomic E-state index is -0.914. The Balaban J connectivity index is 2.91. The first-order chi connectivity index (χ1) is 7.80. The van der Waals surface area contributed by atoms with E-state index in [0.717, 1.165) is 0 Å². The van der Waals surface area contributed by atoms with Crippen LogP contribution in [0.2, 0.25) is 0 Å². The molecule has 0 atom stereocenters. The predicted molar refractivity (Wildman–Crippen MR) is 65.9 cm³/mol. The Bertz CT molecular complexity index is 433. The highest BCUT2D eigenvalue weighted by Gasteiger charge is 2.22. The van der Waals surface area contributed by atoms with Gasteiger partial charge in [0, 0.05) is 11.1 Å². The number of rotatable bonds is 3. The van der Waals surface area contributed by atoms with Crippen molar-refractivity contribution in [1.29, 1.82) is 0 Å². The van der Waals surface area contributed by atoms with Crippen molar-refractivity contribution in [1.82, 2.24) is 0 Å². The number of anilines is 1. The molecule has 0 aliphatic heterocycles. The van der Waals surface area contributed by atoms with Gasteiger partial charge in [-0.3, -0.25) is 9.59 Å². The molecule has 0 saturated carbocycles. The van der Waals surface area contributed by atoms with Gasteiger partial charge in [0.05, 0.1) is 6.42 Å². The van der Waals surface area contributed by atoms with Crippen LogP contribution in [0.25, 0.3) is 0 Å². The van der Waals surface area contributed by atoms with Crippen molar-refractivity contribution in [2.45, 2.75) is 27.2 Å². The third-order valence-corrected chi connectivity index (χ3v) is 2.29. The van der Waals surface area contributed by atoms with E-state index < -0.39 is 11.4 Å². The minimum absolute atomic E-state index is 0.0966. The lowest BCUT2D eigenvalue weighted by molar-refractivity contribution is -0.136. The molecule has 2 N–H and O–H groups in total. The number of hydrogen-bond acceptors (Lipinski definition) is 2. The lowest BCUT2D eigenvalue weighted by Crippen LogP contribution is -2.28. The zero-order chi connectivity index (χ0) is 13.1. The van der Waals surface area contributed by atoms with Gasteiger partial charge in [-0.15, -0.1) is 0 Å². The fourth-order valence-electron chi connectivity index (χ4n) is 1.27. The number of hydrogen-bond donors (Lipinski definition) is 2. The van der Waals surface area contributed by atoms with Gasteiger partial charge in [-0.2, -0.15) is 0 Å². The first kappa shape index (κ1) is 13.2. The molecule has 4 heteroatoms. The van der Waals surface area contributed by atoms with E-state index in [-0.39, 0.29) is 12.3 Å². The van der Waals surface area contributed by atoms with Crippen LogP contribution in [-0.4, -0.2) is 17.0 Å². The van der Waals surface area contributed by atoms with Crippen LogP contribution in [0.1, 0.15) is 26.3 Å². The summed E-state index contributed by atoms with van der Waals surface area (Å²) in [5.74, 6) is -1.04. The fraction of sp³-hybridized carbons (Fsp3) is 0.385. The summed E-state index contributed by atoms with van der Waals surface area (Å²) in [6, 6.07) is 6.93. The molecule has 17 heavy (non-hydrogen) atoms. The van der Waals surface area contributed by atoms with Crippen LogP contribution >= 0.6 is 0 Å². The molecule has 0 radical (unpaired) electrons. The van der Waals surface area contributed by atoms with Gasteiger partial charge in [0.2, 0.25) is 5.91 Å². The average Bonchev–Trinajstić information content (AvgIpc) is 2.18. The Hall–Kier alpha value is -1.84. The maximum absolute atomic E-state index is 11.8. The second-order valence-electron chi connectivity index (χ2n) is 4.93. The molecule has 0 saturated heterocycles. The number of nitrogens with one attached hydrogen (secondary N) is 1. The number of para-hydroxylation sites is 1. The summed E-state index contributed by atoms with van der Waals surface area (Å²) in [5.41, 5.74) is 0.670. The van der Waals surface area contributed by atoms with E-state index in [0.29, 0.717) is 11.3 Å². The van der Waals surface area contributed by atoms with E-state index >= 15 is 0 Å². The maximum Gasteiger partial charge on any atom is 0.307 e. The molecular formula is C13H17NO3. The molecule has 1 aromatic carbocycles. The second-order valence-corrected chi connectivity index (χ2v) is 4.93. The summed E-state index contributed by atoms with van der Waals surface area (Å²) in [6.45, 7) is 5.42. The highest BCUT2D eigenvalue weighted by molar-refractivity contribution is 5.95. The molecule has 1 aromatic rings. The SMILES string of the molecule is CC(C)(C)C(=O)Nc1ccccc1CC(=O)O. The fourth-order valence-corrected chi connectivity index (χ4v) is 1.27. The Morgan fingerprint density at radius 2 is 1.82 bits per heavy atom. The number of carbonyl (C=O) groups is 2. The van der Waals surface area contributed by atoms with Crippen LogP contribution in [0.4, 0.5) is 5.69 Å². The van der Waals surface area contributed by atoms with Gasteiger partial charge >= 0.3 is 5.97 Å². The molecule has 1 rings (SSSR count). The molecule has 0 fully saturated rings. The van der Waals surface area contributed by atoms with Gasteiger partial charge in [0.1, 0.15) is 0 Å².